The lowest BCUT2D eigenvalue weighted by Crippen LogP contribution is -2.52. The Labute approximate surface area is 128 Å². The van der Waals surface area contributed by atoms with Crippen LogP contribution in [0.1, 0.15) is 24.8 Å². The predicted octanol–water partition coefficient (Wildman–Crippen LogP) is 1.94. The number of hydrogen-bond donors (Lipinski definition) is 1. The first-order valence-electron chi connectivity index (χ1n) is 7.83. The van der Waals surface area contributed by atoms with Crippen molar-refractivity contribution >= 4 is 0 Å². The average Bonchev–Trinajstić information content (AvgIpc) is 2.70. The predicted molar refractivity (Wildman–Crippen MR) is 87.6 cm³/mol. The zero-order chi connectivity index (χ0) is 15.3. The minimum absolute atomic E-state index is 0.103. The fraction of sp³-hybridized carbons (Fsp3) is 0.647. The van der Waals surface area contributed by atoms with E-state index in [1.807, 2.05) is 12.1 Å². The van der Waals surface area contributed by atoms with Crippen molar-refractivity contribution in [2.75, 3.05) is 40.8 Å². The standard InChI is InChI=1S/C17H29N3O/c1-19-11-6-9-17(14-18,10-12-19)20(2)13-15-7-4-5-8-16(15)21-3/h4-5,7-8H,6,9-14,18H2,1-3H3. The smallest absolute Gasteiger partial charge is 0.123 e. The van der Waals surface area contributed by atoms with Gasteiger partial charge in [0.2, 0.25) is 0 Å². The van der Waals surface area contributed by atoms with Crippen molar-refractivity contribution in [1.82, 2.24) is 9.80 Å². The van der Waals surface area contributed by atoms with E-state index in [1.54, 1.807) is 7.11 Å². The first kappa shape index (κ1) is 16.3. The van der Waals surface area contributed by atoms with Gasteiger partial charge in [0.15, 0.2) is 0 Å². The van der Waals surface area contributed by atoms with Crippen molar-refractivity contribution in [1.29, 1.82) is 0 Å². The average molecular weight is 291 g/mol. The number of para-hydroxylation sites is 1. The van der Waals surface area contributed by atoms with Crippen LogP contribution in [0.25, 0.3) is 0 Å². The molecule has 2 rings (SSSR count). The molecule has 0 radical (unpaired) electrons. The van der Waals surface area contributed by atoms with E-state index in [-0.39, 0.29) is 5.54 Å². The van der Waals surface area contributed by atoms with Gasteiger partial charge in [-0.2, -0.15) is 0 Å². The molecule has 0 saturated carbocycles. The molecule has 118 valence electrons. The highest BCUT2D eigenvalue weighted by Crippen LogP contribution is 2.30. The van der Waals surface area contributed by atoms with Crippen LogP contribution in [0.15, 0.2) is 24.3 Å². The van der Waals surface area contributed by atoms with E-state index in [2.05, 4.69) is 36.0 Å². The highest BCUT2D eigenvalue weighted by atomic mass is 16.5. The molecule has 4 heteroatoms. The van der Waals surface area contributed by atoms with Gasteiger partial charge >= 0.3 is 0 Å². The van der Waals surface area contributed by atoms with E-state index in [0.717, 1.165) is 25.3 Å². The quantitative estimate of drug-likeness (QED) is 0.900. The van der Waals surface area contributed by atoms with Crippen LogP contribution in [-0.4, -0.2) is 56.2 Å². The highest BCUT2D eigenvalue weighted by Gasteiger charge is 2.34. The zero-order valence-corrected chi connectivity index (χ0v) is 13.6. The molecule has 0 aliphatic carbocycles. The van der Waals surface area contributed by atoms with Gasteiger partial charge in [-0.1, -0.05) is 18.2 Å². The Morgan fingerprint density at radius 3 is 2.76 bits per heavy atom. The van der Waals surface area contributed by atoms with E-state index in [9.17, 15) is 0 Å². The Morgan fingerprint density at radius 2 is 2.05 bits per heavy atom. The van der Waals surface area contributed by atoms with Gasteiger partial charge in [0, 0.05) is 24.2 Å². The molecule has 1 aromatic rings. The Kier molecular flexibility index (Phi) is 5.62. The highest BCUT2D eigenvalue weighted by molar-refractivity contribution is 5.33. The molecule has 1 unspecified atom stereocenters. The molecule has 1 heterocycles. The van der Waals surface area contributed by atoms with Crippen LogP contribution >= 0.6 is 0 Å². The summed E-state index contributed by atoms with van der Waals surface area (Å²) < 4.78 is 5.48. The fourth-order valence-corrected chi connectivity index (χ4v) is 3.31. The minimum Gasteiger partial charge on any atom is -0.496 e. The molecule has 4 nitrogen and oxygen atoms in total. The molecule has 1 saturated heterocycles. The Morgan fingerprint density at radius 1 is 1.29 bits per heavy atom. The zero-order valence-electron chi connectivity index (χ0n) is 13.6. The summed E-state index contributed by atoms with van der Waals surface area (Å²) in [5.74, 6) is 0.960. The number of benzene rings is 1. The van der Waals surface area contributed by atoms with Crippen LogP contribution in [0.3, 0.4) is 0 Å². The molecule has 0 aromatic heterocycles. The molecular weight excluding hydrogens is 262 g/mol. The molecule has 1 aliphatic rings. The lowest BCUT2D eigenvalue weighted by atomic mass is 9.88. The van der Waals surface area contributed by atoms with Gasteiger partial charge in [-0.05, 0) is 52.5 Å². The lowest BCUT2D eigenvalue weighted by Gasteiger charge is -2.41. The van der Waals surface area contributed by atoms with Crippen molar-refractivity contribution in [3.8, 4) is 5.75 Å². The molecule has 1 aromatic carbocycles. The number of ether oxygens (including phenoxy) is 1. The van der Waals surface area contributed by atoms with Gasteiger partial charge in [0.05, 0.1) is 7.11 Å². The Hall–Kier alpha value is -1.10. The van der Waals surface area contributed by atoms with Gasteiger partial charge in [-0.3, -0.25) is 4.90 Å². The summed E-state index contributed by atoms with van der Waals surface area (Å²) in [7, 11) is 6.13. The summed E-state index contributed by atoms with van der Waals surface area (Å²) in [5, 5.41) is 0. The van der Waals surface area contributed by atoms with E-state index in [0.29, 0.717) is 6.54 Å². The number of hydrogen-bond acceptors (Lipinski definition) is 4. The summed E-state index contributed by atoms with van der Waals surface area (Å²) >= 11 is 0. The number of likely N-dealkylation sites (N-methyl/N-ethyl adjacent to an activating group) is 1. The van der Waals surface area contributed by atoms with E-state index >= 15 is 0 Å². The number of methoxy groups -OCH3 is 1. The Balaban J connectivity index is 2.14. The van der Waals surface area contributed by atoms with Crippen molar-refractivity contribution in [3.05, 3.63) is 29.8 Å². The van der Waals surface area contributed by atoms with Gasteiger partial charge in [0.1, 0.15) is 5.75 Å². The number of nitrogens with two attached hydrogens (primary N) is 1. The summed E-state index contributed by atoms with van der Waals surface area (Å²) in [4.78, 5) is 4.85. The maximum Gasteiger partial charge on any atom is 0.123 e. The second-order valence-corrected chi connectivity index (χ2v) is 6.25. The number of rotatable bonds is 5. The van der Waals surface area contributed by atoms with E-state index < -0.39 is 0 Å². The minimum atomic E-state index is 0.103. The third-order valence-electron chi connectivity index (χ3n) is 4.93. The second-order valence-electron chi connectivity index (χ2n) is 6.25. The first-order chi connectivity index (χ1) is 10.1. The molecule has 1 atom stereocenters. The Bertz CT molecular complexity index is 451. The number of likely N-dealkylation sites (tertiary alicyclic amines) is 1. The summed E-state index contributed by atoms with van der Waals surface area (Å²) in [6.45, 7) is 3.88. The summed E-state index contributed by atoms with van der Waals surface area (Å²) in [6, 6.07) is 8.25. The van der Waals surface area contributed by atoms with Gasteiger partial charge in [-0.25, -0.2) is 0 Å². The van der Waals surface area contributed by atoms with Crippen molar-refractivity contribution < 1.29 is 4.74 Å². The molecule has 2 N–H and O–H groups in total. The van der Waals surface area contributed by atoms with Crippen LogP contribution in [0, 0.1) is 0 Å². The molecule has 1 fully saturated rings. The SMILES string of the molecule is COc1ccccc1CN(C)C1(CN)CCCN(C)CC1. The van der Waals surface area contributed by atoms with Crippen molar-refractivity contribution in [3.63, 3.8) is 0 Å². The van der Waals surface area contributed by atoms with Crippen molar-refractivity contribution in [2.24, 2.45) is 5.73 Å². The maximum atomic E-state index is 6.19. The van der Waals surface area contributed by atoms with Gasteiger partial charge < -0.3 is 15.4 Å². The molecular formula is C17H29N3O. The van der Waals surface area contributed by atoms with Gasteiger partial charge in [0.25, 0.3) is 0 Å². The topological polar surface area (TPSA) is 41.7 Å². The van der Waals surface area contributed by atoms with Crippen LogP contribution in [-0.2, 0) is 6.54 Å². The molecule has 0 amide bonds. The van der Waals surface area contributed by atoms with E-state index in [4.69, 9.17) is 10.5 Å². The van der Waals surface area contributed by atoms with Crippen LogP contribution in [0.4, 0.5) is 0 Å². The third-order valence-corrected chi connectivity index (χ3v) is 4.93. The van der Waals surface area contributed by atoms with Crippen LogP contribution in [0.2, 0.25) is 0 Å². The van der Waals surface area contributed by atoms with Crippen molar-refractivity contribution in [2.45, 2.75) is 31.3 Å². The lowest BCUT2D eigenvalue weighted by molar-refractivity contribution is 0.0994. The number of nitrogens with zero attached hydrogens (tertiary/aromatic N) is 2. The monoisotopic (exact) mass is 291 g/mol. The third kappa shape index (κ3) is 3.76. The first-order valence-corrected chi connectivity index (χ1v) is 7.83. The second kappa shape index (κ2) is 7.25. The molecule has 1 aliphatic heterocycles. The summed E-state index contributed by atoms with van der Waals surface area (Å²) in [6.07, 6.45) is 3.51. The molecule has 0 spiro atoms. The maximum absolute atomic E-state index is 6.19. The van der Waals surface area contributed by atoms with E-state index in [1.165, 1.54) is 24.9 Å². The van der Waals surface area contributed by atoms with Crippen LogP contribution in [0.5, 0.6) is 5.75 Å². The van der Waals surface area contributed by atoms with Gasteiger partial charge in [-0.15, -0.1) is 0 Å². The van der Waals surface area contributed by atoms with Crippen LogP contribution < -0.4 is 10.5 Å². The molecule has 21 heavy (non-hydrogen) atoms. The molecule has 0 bridgehead atoms. The summed E-state index contributed by atoms with van der Waals surface area (Å²) in [5.41, 5.74) is 7.52. The largest absolute Gasteiger partial charge is 0.496 e. The normalized spacial score (nSPS) is 24.0. The fourth-order valence-electron chi connectivity index (χ4n) is 3.31.